The second-order valence-corrected chi connectivity index (χ2v) is 4.51. The van der Waals surface area contributed by atoms with Gasteiger partial charge in [-0.05, 0) is 17.7 Å². The Morgan fingerprint density at radius 3 is 3.00 bits per heavy atom. The number of aromatic nitrogens is 2. The number of benzene rings is 1. The average Bonchev–Trinajstić information content (AvgIpc) is 2.95. The highest BCUT2D eigenvalue weighted by Crippen LogP contribution is 2.32. The van der Waals surface area contributed by atoms with Crippen LogP contribution in [0.3, 0.4) is 0 Å². The third-order valence-electron chi connectivity index (χ3n) is 3.03. The molecular weight excluding hydrogens is 274 g/mol. The SMILES string of the molecule is O=C(Cn1cnccc1=O)NCc1ccc2c(c1)OCO2. The van der Waals surface area contributed by atoms with E-state index in [0.29, 0.717) is 18.0 Å². The van der Waals surface area contributed by atoms with Crippen molar-refractivity contribution in [2.45, 2.75) is 13.1 Å². The van der Waals surface area contributed by atoms with E-state index in [9.17, 15) is 9.59 Å². The van der Waals surface area contributed by atoms with Crippen LogP contribution in [0.2, 0.25) is 0 Å². The molecule has 0 atom stereocenters. The number of amides is 1. The van der Waals surface area contributed by atoms with E-state index in [-0.39, 0.29) is 24.8 Å². The smallest absolute Gasteiger partial charge is 0.253 e. The first kappa shape index (κ1) is 13.2. The molecule has 1 aromatic carbocycles. The lowest BCUT2D eigenvalue weighted by Gasteiger charge is -2.07. The first-order chi connectivity index (χ1) is 10.2. The van der Waals surface area contributed by atoms with Gasteiger partial charge in [0, 0.05) is 18.8 Å². The molecule has 3 rings (SSSR count). The summed E-state index contributed by atoms with van der Waals surface area (Å²) in [6, 6.07) is 6.78. The Bertz CT molecular complexity index is 726. The molecule has 0 fully saturated rings. The third kappa shape index (κ3) is 3.02. The molecule has 0 saturated carbocycles. The zero-order chi connectivity index (χ0) is 14.7. The number of hydrogen-bond acceptors (Lipinski definition) is 5. The molecule has 2 aromatic rings. The molecule has 1 N–H and O–H groups in total. The Balaban J connectivity index is 1.59. The van der Waals surface area contributed by atoms with Gasteiger partial charge < -0.3 is 14.8 Å². The van der Waals surface area contributed by atoms with Crippen LogP contribution in [0.25, 0.3) is 0 Å². The molecule has 0 saturated heterocycles. The lowest BCUT2D eigenvalue weighted by atomic mass is 10.2. The van der Waals surface area contributed by atoms with Crippen molar-refractivity contribution >= 4 is 5.91 Å². The van der Waals surface area contributed by atoms with Gasteiger partial charge in [0.25, 0.3) is 5.56 Å². The van der Waals surface area contributed by atoms with Gasteiger partial charge in [-0.3, -0.25) is 14.2 Å². The lowest BCUT2D eigenvalue weighted by molar-refractivity contribution is -0.121. The van der Waals surface area contributed by atoms with Crippen molar-refractivity contribution in [3.63, 3.8) is 0 Å². The van der Waals surface area contributed by atoms with Crippen molar-refractivity contribution < 1.29 is 14.3 Å². The van der Waals surface area contributed by atoms with E-state index in [1.807, 2.05) is 12.1 Å². The third-order valence-corrected chi connectivity index (χ3v) is 3.03. The molecular formula is C14H13N3O4. The van der Waals surface area contributed by atoms with E-state index in [1.165, 1.54) is 23.2 Å². The number of carbonyl (C=O) groups is 1. The number of rotatable bonds is 4. The molecule has 7 heteroatoms. The molecule has 7 nitrogen and oxygen atoms in total. The van der Waals surface area contributed by atoms with Crippen molar-refractivity contribution in [1.29, 1.82) is 0 Å². The van der Waals surface area contributed by atoms with Crippen LogP contribution in [-0.4, -0.2) is 22.3 Å². The first-order valence-corrected chi connectivity index (χ1v) is 6.38. The maximum Gasteiger partial charge on any atom is 0.253 e. The molecule has 0 bridgehead atoms. The van der Waals surface area contributed by atoms with Gasteiger partial charge >= 0.3 is 0 Å². The standard InChI is InChI=1S/C14H13N3O4/c18-13(7-17-8-15-4-3-14(17)19)16-6-10-1-2-11-12(5-10)21-9-20-11/h1-5,8H,6-7,9H2,(H,16,18). The highest BCUT2D eigenvalue weighted by molar-refractivity contribution is 5.75. The molecule has 1 aliphatic heterocycles. The van der Waals surface area contributed by atoms with Crippen LogP contribution < -0.4 is 20.3 Å². The molecule has 0 aliphatic carbocycles. The van der Waals surface area contributed by atoms with Crippen LogP contribution in [0.1, 0.15) is 5.56 Å². The van der Waals surface area contributed by atoms with Gasteiger partial charge in [0.15, 0.2) is 11.5 Å². The van der Waals surface area contributed by atoms with E-state index in [4.69, 9.17) is 9.47 Å². The molecule has 0 radical (unpaired) electrons. The van der Waals surface area contributed by atoms with Crippen molar-refractivity contribution in [2.75, 3.05) is 6.79 Å². The Labute approximate surface area is 120 Å². The fourth-order valence-corrected chi connectivity index (χ4v) is 1.96. The minimum Gasteiger partial charge on any atom is -0.454 e. The van der Waals surface area contributed by atoms with Crippen LogP contribution >= 0.6 is 0 Å². The second kappa shape index (κ2) is 5.66. The Kier molecular flexibility index (Phi) is 3.55. The topological polar surface area (TPSA) is 82.5 Å². The van der Waals surface area contributed by atoms with Crippen LogP contribution in [0, 0.1) is 0 Å². The highest BCUT2D eigenvalue weighted by Gasteiger charge is 2.13. The van der Waals surface area contributed by atoms with E-state index in [1.54, 1.807) is 6.07 Å². The van der Waals surface area contributed by atoms with Crippen LogP contribution in [0.4, 0.5) is 0 Å². The maximum atomic E-state index is 11.8. The van der Waals surface area contributed by atoms with Gasteiger partial charge in [-0.15, -0.1) is 0 Å². The summed E-state index contributed by atoms with van der Waals surface area (Å²) in [5, 5.41) is 2.74. The normalized spacial score (nSPS) is 12.2. The minimum absolute atomic E-state index is 0.0583. The second-order valence-electron chi connectivity index (χ2n) is 4.51. The van der Waals surface area contributed by atoms with E-state index in [2.05, 4.69) is 10.3 Å². The molecule has 0 unspecified atom stereocenters. The van der Waals surface area contributed by atoms with Gasteiger partial charge in [-0.25, -0.2) is 4.98 Å². The van der Waals surface area contributed by atoms with Crippen LogP contribution in [0.5, 0.6) is 11.5 Å². The fraction of sp³-hybridized carbons (Fsp3) is 0.214. The summed E-state index contributed by atoms with van der Waals surface area (Å²) in [5.41, 5.74) is 0.634. The van der Waals surface area contributed by atoms with E-state index >= 15 is 0 Å². The number of nitrogens with zero attached hydrogens (tertiary/aromatic N) is 2. The van der Waals surface area contributed by atoms with Crippen molar-refractivity contribution in [1.82, 2.24) is 14.9 Å². The summed E-state index contributed by atoms with van der Waals surface area (Å²) in [6.07, 6.45) is 2.73. The van der Waals surface area contributed by atoms with Crippen molar-refractivity contribution in [2.24, 2.45) is 0 Å². The number of fused-ring (bicyclic) bond motifs is 1. The Morgan fingerprint density at radius 2 is 2.14 bits per heavy atom. The highest BCUT2D eigenvalue weighted by atomic mass is 16.7. The average molecular weight is 287 g/mol. The van der Waals surface area contributed by atoms with Crippen molar-refractivity contribution in [3.05, 3.63) is 52.7 Å². The number of hydrogen-bond donors (Lipinski definition) is 1. The van der Waals surface area contributed by atoms with Crippen molar-refractivity contribution in [3.8, 4) is 11.5 Å². The van der Waals surface area contributed by atoms with Gasteiger partial charge in [0.2, 0.25) is 12.7 Å². The summed E-state index contributed by atoms with van der Waals surface area (Å²) >= 11 is 0. The van der Waals surface area contributed by atoms with Crippen LogP contribution in [-0.2, 0) is 17.9 Å². The first-order valence-electron chi connectivity index (χ1n) is 6.38. The minimum atomic E-state index is -0.261. The number of carbonyl (C=O) groups excluding carboxylic acids is 1. The largest absolute Gasteiger partial charge is 0.454 e. The molecule has 1 aliphatic rings. The summed E-state index contributed by atoms with van der Waals surface area (Å²) in [6.45, 7) is 0.511. The predicted octanol–water partition coefficient (Wildman–Crippen LogP) is 0.288. The quantitative estimate of drug-likeness (QED) is 0.874. The Hall–Kier alpha value is -2.83. The molecule has 1 amide bonds. The van der Waals surface area contributed by atoms with Gasteiger partial charge in [-0.2, -0.15) is 0 Å². The molecule has 2 heterocycles. The van der Waals surface area contributed by atoms with E-state index < -0.39 is 0 Å². The van der Waals surface area contributed by atoms with Gasteiger partial charge in [0.05, 0.1) is 6.33 Å². The molecule has 108 valence electrons. The number of ether oxygens (including phenoxy) is 2. The zero-order valence-corrected chi connectivity index (χ0v) is 11.1. The van der Waals surface area contributed by atoms with Gasteiger partial charge in [0.1, 0.15) is 6.54 Å². The summed E-state index contributed by atoms with van der Waals surface area (Å²) < 4.78 is 11.7. The fourth-order valence-electron chi connectivity index (χ4n) is 1.96. The number of nitrogens with one attached hydrogen (secondary N) is 1. The summed E-state index contributed by atoms with van der Waals surface area (Å²) in [7, 11) is 0. The molecule has 21 heavy (non-hydrogen) atoms. The molecule has 1 aromatic heterocycles. The summed E-state index contributed by atoms with van der Waals surface area (Å²) in [5.74, 6) is 1.11. The van der Waals surface area contributed by atoms with E-state index in [0.717, 1.165) is 5.56 Å². The Morgan fingerprint density at radius 1 is 1.29 bits per heavy atom. The zero-order valence-electron chi connectivity index (χ0n) is 11.1. The summed E-state index contributed by atoms with van der Waals surface area (Å²) in [4.78, 5) is 27.1. The monoisotopic (exact) mass is 287 g/mol. The molecule has 0 spiro atoms. The van der Waals surface area contributed by atoms with Gasteiger partial charge in [-0.1, -0.05) is 6.07 Å². The lowest BCUT2D eigenvalue weighted by Crippen LogP contribution is -2.31. The van der Waals surface area contributed by atoms with Crippen LogP contribution in [0.15, 0.2) is 41.6 Å². The predicted molar refractivity (Wildman–Crippen MR) is 72.9 cm³/mol. The maximum absolute atomic E-state index is 11.8.